The highest BCUT2D eigenvalue weighted by Crippen LogP contribution is 2.71. The second-order valence-electron chi connectivity index (χ2n) is 16.4. The SMILES string of the molecule is CC1CCC2C(C1)B1C3C4CC(CC3N3C5CCCCC5SC5CC6SC7CCCCC7N2C6C1C53)C4C. The Hall–Kier alpha value is 0.685. The minimum Gasteiger partial charge on any atom is -0.293 e. The summed E-state index contributed by atoms with van der Waals surface area (Å²) in [6.45, 7) is 6.40. The molecule has 11 rings (SSSR count). The van der Waals surface area contributed by atoms with Crippen LogP contribution in [0.25, 0.3) is 0 Å². The van der Waals surface area contributed by atoms with E-state index >= 15 is 0 Å². The van der Waals surface area contributed by atoms with E-state index in [0.29, 0.717) is 0 Å². The van der Waals surface area contributed by atoms with Crippen LogP contribution in [0.5, 0.6) is 0 Å². The van der Waals surface area contributed by atoms with Crippen LogP contribution in [-0.2, 0) is 0 Å². The summed E-state index contributed by atoms with van der Waals surface area (Å²) in [7, 11) is 0. The molecule has 7 aliphatic carbocycles. The van der Waals surface area contributed by atoms with Crippen molar-refractivity contribution in [3.63, 3.8) is 0 Å². The molecule has 0 aromatic carbocycles. The minimum atomic E-state index is 0.927. The van der Waals surface area contributed by atoms with Gasteiger partial charge in [-0.05, 0) is 98.9 Å². The summed E-state index contributed by atoms with van der Waals surface area (Å²) in [5, 5.41) is 3.83. The van der Waals surface area contributed by atoms with Crippen LogP contribution in [0.15, 0.2) is 0 Å². The topological polar surface area (TPSA) is 6.48 Å². The van der Waals surface area contributed by atoms with Crippen molar-refractivity contribution in [2.75, 3.05) is 0 Å². The van der Waals surface area contributed by atoms with Gasteiger partial charge < -0.3 is 0 Å². The van der Waals surface area contributed by atoms with E-state index in [0.717, 1.165) is 105 Å². The maximum Gasteiger partial charge on any atom is 0.157 e. The number of nitrogens with zero attached hydrogens (tertiary/aromatic N) is 2. The lowest BCUT2D eigenvalue weighted by atomic mass is 9.15. The molecule has 0 amide bonds. The number of thioether (sulfide) groups is 2. The first-order chi connectivity index (χ1) is 18.7. The van der Waals surface area contributed by atoms with Crippen molar-refractivity contribution in [3.05, 3.63) is 0 Å². The molecule has 11 fully saturated rings. The molecule has 0 aromatic rings. The first-order valence-electron chi connectivity index (χ1n) is 17.5. The Balaban J connectivity index is 1.15. The maximum absolute atomic E-state index is 3.43. The molecule has 4 saturated heterocycles. The van der Waals surface area contributed by atoms with Gasteiger partial charge in [0.1, 0.15) is 0 Å². The van der Waals surface area contributed by atoms with Crippen LogP contribution in [0, 0.1) is 23.7 Å². The normalized spacial score (nSPS) is 62.4. The van der Waals surface area contributed by atoms with Gasteiger partial charge in [0.05, 0.1) is 0 Å². The summed E-state index contributed by atoms with van der Waals surface area (Å²) in [4.78, 5) is 6.84. The zero-order chi connectivity index (χ0) is 24.9. The van der Waals surface area contributed by atoms with E-state index in [-0.39, 0.29) is 0 Å². The van der Waals surface area contributed by atoms with Crippen LogP contribution >= 0.6 is 23.5 Å². The van der Waals surface area contributed by atoms with Crippen molar-refractivity contribution >= 4 is 30.2 Å². The fraction of sp³-hybridized carbons (Fsp3) is 1.00. The van der Waals surface area contributed by atoms with Crippen LogP contribution in [0.2, 0.25) is 17.5 Å². The summed E-state index contributed by atoms with van der Waals surface area (Å²) in [5.74, 6) is 7.22. The highest BCUT2D eigenvalue weighted by molar-refractivity contribution is 8.01. The van der Waals surface area contributed by atoms with E-state index in [1.165, 1.54) is 57.8 Å². The van der Waals surface area contributed by atoms with Gasteiger partial charge in [0.2, 0.25) is 0 Å². The monoisotopic (exact) mass is 550 g/mol. The number of fused-ring (bicyclic) bond motifs is 7. The van der Waals surface area contributed by atoms with Crippen LogP contribution in [0.1, 0.15) is 104 Å². The highest BCUT2D eigenvalue weighted by Gasteiger charge is 2.73. The van der Waals surface area contributed by atoms with Gasteiger partial charge in [0.25, 0.3) is 0 Å². The molecule has 4 aliphatic heterocycles. The second kappa shape index (κ2) is 8.62. The van der Waals surface area contributed by atoms with Gasteiger partial charge in [-0.1, -0.05) is 46.0 Å². The van der Waals surface area contributed by atoms with Crippen LogP contribution in [-0.4, -0.2) is 73.8 Å². The third-order valence-corrected chi connectivity index (χ3v) is 18.7. The fourth-order valence-corrected chi connectivity index (χ4v) is 18.2. The smallest absolute Gasteiger partial charge is 0.157 e. The molecule has 7 saturated carbocycles. The van der Waals surface area contributed by atoms with Crippen molar-refractivity contribution in [2.24, 2.45) is 23.7 Å². The predicted octanol–water partition coefficient (Wildman–Crippen LogP) is 7.45. The Morgan fingerprint density at radius 1 is 0.579 bits per heavy atom. The van der Waals surface area contributed by atoms with Crippen molar-refractivity contribution in [3.8, 4) is 0 Å². The van der Waals surface area contributed by atoms with E-state index in [9.17, 15) is 0 Å². The second-order valence-corrected chi connectivity index (χ2v) is 19.4. The van der Waals surface area contributed by atoms with Gasteiger partial charge in [-0.25, -0.2) is 0 Å². The van der Waals surface area contributed by atoms with E-state index in [1.807, 2.05) is 0 Å². The van der Waals surface area contributed by atoms with Crippen molar-refractivity contribution < 1.29 is 0 Å². The Bertz CT molecular complexity index is 969. The third-order valence-electron chi connectivity index (χ3n) is 15.3. The summed E-state index contributed by atoms with van der Waals surface area (Å²) < 4.78 is 0. The fourth-order valence-electron chi connectivity index (χ4n) is 14.1. The molecule has 2 nitrogen and oxygen atoms in total. The molecule has 2 bridgehead atoms. The van der Waals surface area contributed by atoms with Gasteiger partial charge in [-0.3, -0.25) is 9.80 Å². The molecule has 0 aromatic heterocycles. The van der Waals surface area contributed by atoms with E-state index in [2.05, 4.69) is 47.2 Å². The molecule has 11 aliphatic rings. The molecule has 0 N–H and O–H groups in total. The molecular weight excluding hydrogens is 499 g/mol. The van der Waals surface area contributed by atoms with Gasteiger partial charge >= 0.3 is 0 Å². The molecule has 38 heavy (non-hydrogen) atoms. The zero-order valence-corrected chi connectivity index (χ0v) is 25.6. The van der Waals surface area contributed by atoms with Gasteiger partial charge in [0.15, 0.2) is 6.71 Å². The largest absolute Gasteiger partial charge is 0.293 e. The summed E-state index contributed by atoms with van der Waals surface area (Å²) in [6, 6.07) is 5.63. The Kier molecular flexibility index (Phi) is 5.48. The quantitative estimate of drug-likeness (QED) is 0.289. The first-order valence-corrected chi connectivity index (χ1v) is 19.4. The molecular formula is C33H51BN2S2. The molecule has 208 valence electrons. The first kappa shape index (κ1) is 24.2. The number of rotatable bonds is 0. The van der Waals surface area contributed by atoms with E-state index in [1.54, 1.807) is 32.1 Å². The van der Waals surface area contributed by atoms with Crippen molar-refractivity contribution in [1.82, 2.24) is 9.80 Å². The lowest BCUT2D eigenvalue weighted by Gasteiger charge is -2.76. The molecule has 0 spiro atoms. The van der Waals surface area contributed by atoms with Gasteiger partial charge in [-0.15, -0.1) is 0 Å². The Morgan fingerprint density at radius 2 is 1.24 bits per heavy atom. The number of hydrogen-bond acceptors (Lipinski definition) is 4. The molecule has 0 radical (unpaired) electrons. The van der Waals surface area contributed by atoms with Crippen molar-refractivity contribution in [1.29, 1.82) is 0 Å². The average Bonchev–Trinajstić information content (AvgIpc) is 2.95. The number of hydrogen-bond donors (Lipinski definition) is 0. The summed E-state index contributed by atoms with van der Waals surface area (Å²) >= 11 is 5.15. The molecule has 17 atom stereocenters. The van der Waals surface area contributed by atoms with E-state index in [4.69, 9.17) is 0 Å². The van der Waals surface area contributed by atoms with Crippen LogP contribution in [0.4, 0.5) is 0 Å². The summed E-state index contributed by atoms with van der Waals surface area (Å²) in [6.07, 6.45) is 21.6. The van der Waals surface area contributed by atoms with Crippen LogP contribution < -0.4 is 0 Å². The van der Waals surface area contributed by atoms with Gasteiger partial charge in [0, 0.05) is 57.3 Å². The Morgan fingerprint density at radius 3 is 1.92 bits per heavy atom. The molecule has 4 heterocycles. The maximum atomic E-state index is 3.43. The minimum absolute atomic E-state index is 0.927. The van der Waals surface area contributed by atoms with Gasteiger partial charge in [-0.2, -0.15) is 23.5 Å². The standard InChI is InChI=1S/C33H51BN2S2/c1-17-11-12-22-21(13-17)34-30-20-14-19(18(20)2)15-25(30)36-24-8-4-6-10-27(24)38-29-16-28-32(31(34)33(29)36)35(22)23-7-3-5-9-26(23)37-28/h17-33H,3-16H2,1-2H3. The lowest BCUT2D eigenvalue weighted by molar-refractivity contribution is -0.104. The predicted molar refractivity (Wildman–Crippen MR) is 164 cm³/mol. The third kappa shape index (κ3) is 3.05. The molecule has 5 heteroatoms. The van der Waals surface area contributed by atoms with Crippen molar-refractivity contribution in [2.45, 2.75) is 178 Å². The highest BCUT2D eigenvalue weighted by atomic mass is 32.2. The van der Waals surface area contributed by atoms with Crippen LogP contribution in [0.3, 0.4) is 0 Å². The lowest BCUT2D eigenvalue weighted by Crippen LogP contribution is -2.82. The van der Waals surface area contributed by atoms with E-state index < -0.39 is 0 Å². The zero-order valence-electron chi connectivity index (χ0n) is 24.0. The molecule has 17 unspecified atom stereocenters. The Labute approximate surface area is 241 Å². The summed E-state index contributed by atoms with van der Waals surface area (Å²) in [5.41, 5.74) is 0. The average molecular weight is 551 g/mol.